The van der Waals surface area contributed by atoms with Crippen molar-refractivity contribution in [1.82, 2.24) is 15.2 Å². The summed E-state index contributed by atoms with van der Waals surface area (Å²) in [5, 5.41) is 9.13. The first-order valence-electron chi connectivity index (χ1n) is 10.9. The topological polar surface area (TPSA) is 70.4 Å². The van der Waals surface area contributed by atoms with E-state index in [0.29, 0.717) is 11.7 Å². The summed E-state index contributed by atoms with van der Waals surface area (Å²) in [5.41, 5.74) is 1.69. The van der Waals surface area contributed by atoms with Crippen LogP contribution in [-0.2, 0) is 4.79 Å². The van der Waals surface area contributed by atoms with Gasteiger partial charge in [0.05, 0.1) is 11.7 Å². The molecular formula is C26H24N4O2S. The second-order valence-corrected chi connectivity index (χ2v) is 8.48. The van der Waals surface area contributed by atoms with E-state index < -0.39 is 0 Å². The summed E-state index contributed by atoms with van der Waals surface area (Å²) >= 11 is 5.66. The average Bonchev–Trinajstić information content (AvgIpc) is 3.41. The van der Waals surface area contributed by atoms with Crippen LogP contribution in [0.1, 0.15) is 35.7 Å². The Hall–Kier alpha value is -3.71. The average molecular weight is 457 g/mol. The second-order valence-electron chi connectivity index (χ2n) is 8.09. The molecule has 2 N–H and O–H groups in total. The van der Waals surface area contributed by atoms with E-state index in [2.05, 4.69) is 15.6 Å². The van der Waals surface area contributed by atoms with Crippen molar-refractivity contribution < 1.29 is 9.21 Å². The van der Waals surface area contributed by atoms with Gasteiger partial charge in [0, 0.05) is 30.2 Å². The molecule has 1 fully saturated rings. The van der Waals surface area contributed by atoms with Crippen LogP contribution >= 0.6 is 12.2 Å². The number of hydrogen-bond acceptors (Lipinski definition) is 4. The van der Waals surface area contributed by atoms with Gasteiger partial charge < -0.3 is 20.0 Å². The normalized spacial score (nSPS) is 17.8. The molecule has 6 nitrogen and oxygen atoms in total. The number of fused-ring (bicyclic) bond motifs is 1. The number of carbonyl (C=O) groups is 1. The fraction of sp³-hybridized carbons (Fsp3) is 0.192. The van der Waals surface area contributed by atoms with Gasteiger partial charge in [-0.2, -0.15) is 0 Å². The largest absolute Gasteiger partial charge is 0.464 e. The number of carbonyl (C=O) groups excluding carboxylic acids is 1. The third kappa shape index (κ3) is 4.32. The summed E-state index contributed by atoms with van der Waals surface area (Å²) in [6, 6.07) is 23.3. The maximum absolute atomic E-state index is 12.9. The number of aryl methyl sites for hydroxylation is 1. The zero-order valence-corrected chi connectivity index (χ0v) is 19.0. The molecule has 2 aromatic carbocycles. The van der Waals surface area contributed by atoms with Crippen molar-refractivity contribution in [3.05, 3.63) is 96.2 Å². The molecule has 2 aromatic heterocycles. The molecule has 2 atom stereocenters. The van der Waals surface area contributed by atoms with Crippen LogP contribution in [0.5, 0.6) is 0 Å². The third-order valence-corrected chi connectivity index (χ3v) is 6.25. The van der Waals surface area contributed by atoms with E-state index in [-0.39, 0.29) is 24.4 Å². The van der Waals surface area contributed by atoms with E-state index in [1.165, 1.54) is 0 Å². The van der Waals surface area contributed by atoms with Gasteiger partial charge in [-0.1, -0.05) is 42.5 Å². The van der Waals surface area contributed by atoms with Gasteiger partial charge in [0.2, 0.25) is 5.91 Å². The molecule has 1 amide bonds. The maximum Gasteiger partial charge on any atom is 0.226 e. The molecule has 0 aliphatic carbocycles. The molecule has 4 aromatic rings. The van der Waals surface area contributed by atoms with Gasteiger partial charge in [-0.3, -0.25) is 9.78 Å². The van der Waals surface area contributed by atoms with Crippen molar-refractivity contribution in [1.29, 1.82) is 0 Å². The van der Waals surface area contributed by atoms with Gasteiger partial charge in [0.25, 0.3) is 0 Å². The Morgan fingerprint density at radius 2 is 1.91 bits per heavy atom. The van der Waals surface area contributed by atoms with Crippen molar-refractivity contribution >= 4 is 39.7 Å². The zero-order valence-electron chi connectivity index (χ0n) is 18.2. The smallest absolute Gasteiger partial charge is 0.226 e. The maximum atomic E-state index is 12.9. The van der Waals surface area contributed by atoms with Gasteiger partial charge in [-0.05, 0) is 54.9 Å². The standard InChI is InChI=1S/C26H24N4O2S/c1-17-12-13-22(32-17)25-24(21-10-4-5-15-27-21)29-26(33)30(25)16-14-23(31)28-20-11-6-8-18-7-2-3-9-19(18)20/h2-13,15,24-25H,14,16H2,1H3,(H,28,31)(H,29,33)/t24-,25+/m1/s1. The van der Waals surface area contributed by atoms with E-state index in [1.807, 2.05) is 84.6 Å². The fourth-order valence-electron chi connectivity index (χ4n) is 4.34. The number of thiocarbonyl (C=S) groups is 1. The summed E-state index contributed by atoms with van der Waals surface area (Å²) in [6.45, 7) is 2.37. The Balaban J connectivity index is 1.35. The zero-order chi connectivity index (χ0) is 22.8. The van der Waals surface area contributed by atoms with Crippen molar-refractivity contribution in [2.24, 2.45) is 0 Å². The SMILES string of the molecule is Cc1ccc([C@H]2[C@@H](c3ccccn3)NC(=S)N2CCC(=O)Nc2cccc3ccccc23)o1. The lowest BCUT2D eigenvalue weighted by molar-refractivity contribution is -0.116. The molecule has 166 valence electrons. The molecule has 0 saturated carbocycles. The lowest BCUT2D eigenvalue weighted by Gasteiger charge is -2.25. The predicted octanol–water partition coefficient (Wildman–Crippen LogP) is 5.14. The van der Waals surface area contributed by atoms with Gasteiger partial charge in [-0.25, -0.2) is 0 Å². The van der Waals surface area contributed by atoms with Crippen LogP contribution in [0.4, 0.5) is 5.69 Å². The Labute approximate surface area is 197 Å². The first-order valence-corrected chi connectivity index (χ1v) is 11.3. The molecule has 3 heterocycles. The van der Waals surface area contributed by atoms with E-state index in [9.17, 15) is 4.79 Å². The molecule has 0 spiro atoms. The van der Waals surface area contributed by atoms with Crippen molar-refractivity contribution in [2.45, 2.75) is 25.4 Å². The molecular weight excluding hydrogens is 432 g/mol. The van der Waals surface area contributed by atoms with Crippen molar-refractivity contribution in [3.8, 4) is 0 Å². The Morgan fingerprint density at radius 3 is 2.70 bits per heavy atom. The second kappa shape index (κ2) is 9.03. The number of nitrogens with one attached hydrogen (secondary N) is 2. The first-order chi connectivity index (χ1) is 16.1. The molecule has 0 unspecified atom stereocenters. The van der Waals surface area contributed by atoms with Crippen LogP contribution in [-0.4, -0.2) is 27.4 Å². The van der Waals surface area contributed by atoms with Crippen LogP contribution in [0.15, 0.2) is 83.4 Å². The number of amides is 1. The van der Waals surface area contributed by atoms with Crippen molar-refractivity contribution in [2.75, 3.05) is 11.9 Å². The summed E-state index contributed by atoms with van der Waals surface area (Å²) in [4.78, 5) is 19.4. The number of furan rings is 1. The number of hydrogen-bond donors (Lipinski definition) is 2. The summed E-state index contributed by atoms with van der Waals surface area (Å²) < 4.78 is 5.98. The predicted molar refractivity (Wildman–Crippen MR) is 133 cm³/mol. The number of anilines is 1. The minimum Gasteiger partial charge on any atom is -0.464 e. The monoisotopic (exact) mass is 456 g/mol. The van der Waals surface area contributed by atoms with E-state index in [0.717, 1.165) is 33.7 Å². The minimum absolute atomic E-state index is 0.0650. The Kier molecular flexibility index (Phi) is 5.79. The molecule has 1 aliphatic heterocycles. The number of pyridine rings is 1. The summed E-state index contributed by atoms with van der Waals surface area (Å²) in [7, 11) is 0. The van der Waals surface area contributed by atoms with Gasteiger partial charge >= 0.3 is 0 Å². The molecule has 1 aliphatic rings. The molecule has 7 heteroatoms. The first kappa shape index (κ1) is 21.2. The van der Waals surface area contributed by atoms with E-state index >= 15 is 0 Å². The Morgan fingerprint density at radius 1 is 1.09 bits per heavy atom. The quantitative estimate of drug-likeness (QED) is 0.392. The van der Waals surface area contributed by atoms with E-state index in [4.69, 9.17) is 16.6 Å². The van der Waals surface area contributed by atoms with Crippen LogP contribution in [0.25, 0.3) is 10.8 Å². The van der Waals surface area contributed by atoms with Gasteiger partial charge in [-0.15, -0.1) is 0 Å². The summed E-state index contributed by atoms with van der Waals surface area (Å²) in [6.07, 6.45) is 2.06. The number of nitrogens with zero attached hydrogens (tertiary/aromatic N) is 2. The molecule has 0 bridgehead atoms. The lowest BCUT2D eigenvalue weighted by Crippen LogP contribution is -2.32. The van der Waals surface area contributed by atoms with Crippen LogP contribution < -0.4 is 10.6 Å². The highest BCUT2D eigenvalue weighted by Gasteiger charge is 2.41. The van der Waals surface area contributed by atoms with Crippen LogP contribution in [0, 0.1) is 6.92 Å². The number of aromatic nitrogens is 1. The van der Waals surface area contributed by atoms with Crippen LogP contribution in [0.3, 0.4) is 0 Å². The number of benzene rings is 2. The number of rotatable bonds is 6. The third-order valence-electron chi connectivity index (χ3n) is 5.89. The van der Waals surface area contributed by atoms with Crippen LogP contribution in [0.2, 0.25) is 0 Å². The summed E-state index contributed by atoms with van der Waals surface area (Å²) in [5.74, 6) is 1.56. The lowest BCUT2D eigenvalue weighted by atomic mass is 10.0. The highest BCUT2D eigenvalue weighted by molar-refractivity contribution is 7.80. The minimum atomic E-state index is -0.188. The molecule has 1 saturated heterocycles. The molecule has 0 radical (unpaired) electrons. The van der Waals surface area contributed by atoms with E-state index in [1.54, 1.807) is 6.20 Å². The van der Waals surface area contributed by atoms with Gasteiger partial charge in [0.1, 0.15) is 17.6 Å². The fourth-order valence-corrected chi connectivity index (χ4v) is 4.67. The highest BCUT2D eigenvalue weighted by atomic mass is 32.1. The van der Waals surface area contributed by atoms with Gasteiger partial charge in [0.15, 0.2) is 5.11 Å². The molecule has 33 heavy (non-hydrogen) atoms. The van der Waals surface area contributed by atoms with Crippen molar-refractivity contribution in [3.63, 3.8) is 0 Å². The highest BCUT2D eigenvalue weighted by Crippen LogP contribution is 2.39. The molecule has 5 rings (SSSR count). The Bertz CT molecular complexity index is 1300.